The molecule has 0 rings (SSSR count). The Morgan fingerprint density at radius 2 is 0.982 bits per heavy atom. The van der Waals surface area contributed by atoms with Gasteiger partial charge in [-0.15, -0.1) is 0 Å². The smallest absolute Gasteiger partial charge is 0.465 e. The average molecular weight is 790 g/mol. The Kier molecular flexibility index (Phi) is 40.1. The number of hydrogen-bond donors (Lipinski definition) is 0. The molecule has 0 aromatic carbocycles. The third-order valence-electron chi connectivity index (χ3n) is 10.2. The van der Waals surface area contributed by atoms with Crippen LogP contribution in [-0.2, 0) is 28.5 Å². The number of hydrogen-bond acceptors (Lipinski definition) is 8. The summed E-state index contributed by atoms with van der Waals surface area (Å²) in [7, 11) is 0. The van der Waals surface area contributed by atoms with E-state index < -0.39 is 12.1 Å². The zero-order valence-electron chi connectivity index (χ0n) is 37.1. The normalized spacial score (nSPS) is 12.5. The van der Waals surface area contributed by atoms with Gasteiger partial charge in [0.2, 0.25) is 0 Å². The van der Waals surface area contributed by atoms with E-state index in [1.165, 1.54) is 83.5 Å². The van der Waals surface area contributed by atoms with Gasteiger partial charge in [-0.3, -0.25) is 4.79 Å². The third kappa shape index (κ3) is 37.0. The highest BCUT2D eigenvalue weighted by Gasteiger charge is 2.18. The fourth-order valence-electron chi connectivity index (χ4n) is 6.48. The molecular weight excluding hydrogens is 703 g/mol. The molecule has 0 radical (unpaired) electrons. The Hall–Kier alpha value is -2.61. The fourth-order valence-corrected chi connectivity index (χ4v) is 6.48. The van der Waals surface area contributed by atoms with Crippen molar-refractivity contribution in [2.75, 3.05) is 46.1 Å². The number of nitrogens with zero attached hydrogens (tertiary/aromatic N) is 1. The summed E-state index contributed by atoms with van der Waals surface area (Å²) in [5.74, 6) is -1.16. The number of unbranched alkanes of at least 4 members (excludes halogenated alkanes) is 17. The molecule has 1 atom stereocenters. The van der Waals surface area contributed by atoms with Gasteiger partial charge in [0.05, 0.1) is 12.5 Å². The average Bonchev–Trinajstić information content (AvgIpc) is 3.20. The van der Waals surface area contributed by atoms with E-state index in [2.05, 4.69) is 63.8 Å². The number of carbonyl (C=O) groups is 3. The van der Waals surface area contributed by atoms with E-state index in [-0.39, 0.29) is 38.4 Å². The Bertz CT molecular complexity index is 1000. The molecule has 0 aromatic heterocycles. The minimum Gasteiger partial charge on any atom is -0.465 e. The summed E-state index contributed by atoms with van der Waals surface area (Å²) >= 11 is 0. The molecule has 0 aliphatic heterocycles. The van der Waals surface area contributed by atoms with Gasteiger partial charge in [-0.05, 0) is 83.7 Å². The van der Waals surface area contributed by atoms with Gasteiger partial charge in [-0.1, -0.05) is 154 Å². The molecule has 8 heteroatoms. The summed E-state index contributed by atoms with van der Waals surface area (Å²) < 4.78 is 22.0. The SMILES string of the molecule is CCCCC/C=C\C/C=C\CCCCCCCC(=O)OCC(COC(=O)/C=C(\CCCCCCC)CCCCCCCC)COC(=O)OCCCN(CC)CC. The molecule has 0 heterocycles. The van der Waals surface area contributed by atoms with Crippen LogP contribution < -0.4 is 0 Å². The van der Waals surface area contributed by atoms with Crippen molar-refractivity contribution in [3.05, 3.63) is 36.0 Å². The maximum absolute atomic E-state index is 13.0. The molecule has 0 bridgehead atoms. The molecule has 0 spiro atoms. The molecule has 0 saturated heterocycles. The molecule has 0 aromatic rings. The number of esters is 2. The van der Waals surface area contributed by atoms with Crippen LogP contribution in [0.1, 0.15) is 202 Å². The second-order valence-corrected chi connectivity index (χ2v) is 15.4. The van der Waals surface area contributed by atoms with E-state index in [4.69, 9.17) is 18.9 Å². The molecular formula is C48H87NO7. The maximum Gasteiger partial charge on any atom is 0.508 e. The van der Waals surface area contributed by atoms with Crippen LogP contribution in [0.4, 0.5) is 4.79 Å². The van der Waals surface area contributed by atoms with Gasteiger partial charge in [-0.25, -0.2) is 9.59 Å². The summed E-state index contributed by atoms with van der Waals surface area (Å²) in [4.78, 5) is 40.3. The van der Waals surface area contributed by atoms with E-state index in [1.54, 1.807) is 6.08 Å². The zero-order valence-corrected chi connectivity index (χ0v) is 37.1. The van der Waals surface area contributed by atoms with Crippen LogP contribution in [0.3, 0.4) is 0 Å². The highest BCUT2D eigenvalue weighted by molar-refractivity contribution is 5.82. The summed E-state index contributed by atoms with van der Waals surface area (Å²) in [5, 5.41) is 0. The van der Waals surface area contributed by atoms with Crippen LogP contribution >= 0.6 is 0 Å². The number of rotatable bonds is 40. The van der Waals surface area contributed by atoms with Crippen molar-refractivity contribution in [2.45, 2.75) is 202 Å². The number of allylic oxidation sites excluding steroid dienone is 5. The van der Waals surface area contributed by atoms with Gasteiger partial charge in [0.15, 0.2) is 0 Å². The number of ether oxygens (including phenoxy) is 4. The molecule has 0 amide bonds. The highest BCUT2D eigenvalue weighted by atomic mass is 16.7. The molecule has 0 aliphatic carbocycles. The first-order chi connectivity index (χ1) is 27.4. The minimum absolute atomic E-state index is 0.00732. The van der Waals surface area contributed by atoms with Crippen molar-refractivity contribution in [3.8, 4) is 0 Å². The van der Waals surface area contributed by atoms with Crippen LogP contribution in [0, 0.1) is 5.92 Å². The summed E-state index contributed by atoms with van der Waals surface area (Å²) in [6, 6.07) is 0. The van der Waals surface area contributed by atoms with Gasteiger partial charge in [0.1, 0.15) is 19.8 Å². The van der Waals surface area contributed by atoms with Crippen molar-refractivity contribution in [1.82, 2.24) is 4.90 Å². The van der Waals surface area contributed by atoms with Crippen LogP contribution in [0.25, 0.3) is 0 Å². The van der Waals surface area contributed by atoms with Crippen LogP contribution in [0.5, 0.6) is 0 Å². The Balaban J connectivity index is 4.90. The molecule has 326 valence electrons. The van der Waals surface area contributed by atoms with Gasteiger partial charge in [0.25, 0.3) is 0 Å². The van der Waals surface area contributed by atoms with E-state index in [0.717, 1.165) is 102 Å². The van der Waals surface area contributed by atoms with Gasteiger partial charge in [0, 0.05) is 19.0 Å². The van der Waals surface area contributed by atoms with Crippen LogP contribution in [-0.4, -0.2) is 69.1 Å². The van der Waals surface area contributed by atoms with E-state index in [0.29, 0.717) is 6.42 Å². The maximum atomic E-state index is 13.0. The third-order valence-corrected chi connectivity index (χ3v) is 10.2. The largest absolute Gasteiger partial charge is 0.508 e. The second kappa shape index (κ2) is 42.0. The van der Waals surface area contributed by atoms with E-state index in [9.17, 15) is 14.4 Å². The molecule has 0 aliphatic rings. The van der Waals surface area contributed by atoms with Crippen molar-refractivity contribution >= 4 is 18.1 Å². The zero-order chi connectivity index (χ0) is 41.2. The molecule has 1 unspecified atom stereocenters. The number of carbonyl (C=O) groups excluding carboxylic acids is 3. The molecule has 0 saturated carbocycles. The molecule has 0 fully saturated rings. The quantitative estimate of drug-likeness (QED) is 0.0199. The van der Waals surface area contributed by atoms with Crippen LogP contribution in [0.15, 0.2) is 36.0 Å². The summed E-state index contributed by atoms with van der Waals surface area (Å²) in [6.07, 6.45) is 38.4. The lowest BCUT2D eigenvalue weighted by Gasteiger charge is -2.18. The van der Waals surface area contributed by atoms with Crippen molar-refractivity contribution < 1.29 is 33.3 Å². The van der Waals surface area contributed by atoms with Crippen LogP contribution in [0.2, 0.25) is 0 Å². The first-order valence-electron chi connectivity index (χ1n) is 23.2. The predicted molar refractivity (Wildman–Crippen MR) is 234 cm³/mol. The van der Waals surface area contributed by atoms with E-state index in [1.807, 2.05) is 0 Å². The van der Waals surface area contributed by atoms with Gasteiger partial charge >= 0.3 is 18.1 Å². The summed E-state index contributed by atoms with van der Waals surface area (Å²) in [6.45, 7) is 13.8. The van der Waals surface area contributed by atoms with Gasteiger partial charge in [-0.2, -0.15) is 0 Å². The molecule has 0 N–H and O–H groups in total. The lowest BCUT2D eigenvalue weighted by Crippen LogP contribution is -2.27. The molecule has 56 heavy (non-hydrogen) atoms. The minimum atomic E-state index is -0.762. The Morgan fingerprint density at radius 3 is 1.57 bits per heavy atom. The van der Waals surface area contributed by atoms with Crippen molar-refractivity contribution in [2.24, 2.45) is 5.92 Å². The Morgan fingerprint density at radius 1 is 0.500 bits per heavy atom. The lowest BCUT2D eigenvalue weighted by atomic mass is 9.99. The van der Waals surface area contributed by atoms with Crippen molar-refractivity contribution in [3.63, 3.8) is 0 Å². The van der Waals surface area contributed by atoms with E-state index >= 15 is 0 Å². The van der Waals surface area contributed by atoms with Gasteiger partial charge < -0.3 is 23.8 Å². The fraction of sp³-hybridized carbons (Fsp3) is 0.812. The van der Waals surface area contributed by atoms with Crippen molar-refractivity contribution in [1.29, 1.82) is 0 Å². The standard InChI is InChI=1S/C48H87NO7/c1-6-11-14-17-19-20-21-22-23-24-25-26-27-30-33-37-46(50)54-41-45(43-56-48(52)53-39-34-38-49(9-4)10-5)42-55-47(51)40-44(35-31-28-16-13-8-3)36-32-29-18-15-12-7-2/h19-20,22-23,40,45H,6-18,21,24-39,41-43H2,1-5H3/b20-19-,23-22-,44-40+. The monoisotopic (exact) mass is 790 g/mol. The first kappa shape index (κ1) is 53.4. The Labute approximate surface area is 345 Å². The lowest BCUT2D eigenvalue weighted by molar-refractivity contribution is -0.148. The topological polar surface area (TPSA) is 91.4 Å². The molecule has 8 nitrogen and oxygen atoms in total. The second-order valence-electron chi connectivity index (χ2n) is 15.4. The predicted octanol–water partition coefficient (Wildman–Crippen LogP) is 13.4. The summed E-state index contributed by atoms with van der Waals surface area (Å²) in [5.41, 5.74) is 1.15. The highest BCUT2D eigenvalue weighted by Crippen LogP contribution is 2.19. The first-order valence-corrected chi connectivity index (χ1v) is 23.2.